The molecule has 0 bridgehead atoms. The van der Waals surface area contributed by atoms with Gasteiger partial charge in [-0.3, -0.25) is 14.6 Å². The molecule has 0 unspecified atom stereocenters. The lowest BCUT2D eigenvalue weighted by Gasteiger charge is -2.38. The molecule has 0 radical (unpaired) electrons. The number of halogens is 1. The van der Waals surface area contributed by atoms with Crippen LogP contribution in [0.2, 0.25) is 0 Å². The van der Waals surface area contributed by atoms with Gasteiger partial charge in [-0.1, -0.05) is 34.7 Å². The molecule has 1 aromatic heterocycles. The zero-order valence-electron chi connectivity index (χ0n) is 18.1. The van der Waals surface area contributed by atoms with Crippen LogP contribution in [-0.2, 0) is 4.79 Å². The van der Waals surface area contributed by atoms with Crippen LogP contribution >= 0.6 is 22.6 Å². The summed E-state index contributed by atoms with van der Waals surface area (Å²) in [5, 5.41) is 10.2. The van der Waals surface area contributed by atoms with Crippen LogP contribution in [-0.4, -0.2) is 69.0 Å². The summed E-state index contributed by atoms with van der Waals surface area (Å²) in [4.78, 5) is 24.5. The minimum absolute atomic E-state index is 0.123. The third-order valence-corrected chi connectivity index (χ3v) is 7.90. The number of amides is 1. The molecule has 0 aromatic carbocycles. The Kier molecular flexibility index (Phi) is 7.87. The average Bonchev–Trinajstić information content (AvgIpc) is 2.81. The lowest BCUT2D eigenvalue weighted by atomic mass is 9.88. The second kappa shape index (κ2) is 10.8. The van der Waals surface area contributed by atoms with Crippen molar-refractivity contribution in [3.63, 3.8) is 0 Å². The smallest absolute Gasteiger partial charge is 0.231 e. The van der Waals surface area contributed by atoms with Crippen molar-refractivity contribution in [2.45, 2.75) is 42.4 Å². The summed E-state index contributed by atoms with van der Waals surface area (Å²) in [5.74, 6) is 1.55. The van der Waals surface area contributed by atoms with E-state index in [0.717, 1.165) is 82.8 Å². The van der Waals surface area contributed by atoms with Gasteiger partial charge in [0.1, 0.15) is 11.6 Å². The van der Waals surface area contributed by atoms with Gasteiger partial charge >= 0.3 is 0 Å². The van der Waals surface area contributed by atoms with Gasteiger partial charge in [0.15, 0.2) is 0 Å². The summed E-state index contributed by atoms with van der Waals surface area (Å²) in [6, 6.07) is 5.81. The van der Waals surface area contributed by atoms with Gasteiger partial charge in [0, 0.05) is 55.3 Å². The summed E-state index contributed by atoms with van der Waals surface area (Å²) in [5.41, 5.74) is 0.988. The fourth-order valence-corrected chi connectivity index (χ4v) is 5.48. The van der Waals surface area contributed by atoms with Gasteiger partial charge in [0.25, 0.3) is 0 Å². The molecule has 2 heterocycles. The van der Waals surface area contributed by atoms with Crippen molar-refractivity contribution in [1.29, 1.82) is 0 Å². The maximum Gasteiger partial charge on any atom is 0.231 e. The fourth-order valence-electron chi connectivity index (χ4n) is 4.77. The number of aliphatic hydroxyl groups is 1. The van der Waals surface area contributed by atoms with Gasteiger partial charge < -0.3 is 10.0 Å². The maximum absolute atomic E-state index is 13.4. The Labute approximate surface area is 199 Å². The van der Waals surface area contributed by atoms with Crippen LogP contribution in [0.1, 0.15) is 38.5 Å². The number of anilines is 1. The third-order valence-electron chi connectivity index (χ3n) is 6.66. The fraction of sp³-hybridized carbons (Fsp3) is 0.583. The summed E-state index contributed by atoms with van der Waals surface area (Å²) < 4.78 is 0.704. The number of piperazine rings is 1. The number of allylic oxidation sites excluding steroid dienone is 2. The first-order valence-electron chi connectivity index (χ1n) is 11.6. The predicted molar refractivity (Wildman–Crippen MR) is 132 cm³/mol. The van der Waals surface area contributed by atoms with Crippen molar-refractivity contribution in [3.05, 3.63) is 48.0 Å². The molecule has 2 aliphatic carbocycles. The number of aliphatic hydroxyl groups excluding tert-OH is 1. The summed E-state index contributed by atoms with van der Waals surface area (Å²) in [7, 11) is 0. The third kappa shape index (κ3) is 5.80. The standard InChI is InChI=1S/C24H33IN4O2/c25-20-10-8-19(9-11-20)24(31)29(23-7-3-4-12-26-23)18-15-27-13-16-28(17-14-27)21-5-1-2-6-22(21)30/h3-7,12,19-20,30H,1-2,8-11,13-18H2. The maximum atomic E-state index is 13.4. The largest absolute Gasteiger partial charge is 0.506 e. The van der Waals surface area contributed by atoms with Crippen LogP contribution in [0, 0.1) is 5.92 Å². The molecule has 31 heavy (non-hydrogen) atoms. The molecule has 1 aliphatic heterocycles. The molecule has 6 nitrogen and oxygen atoms in total. The van der Waals surface area contributed by atoms with E-state index < -0.39 is 0 Å². The van der Waals surface area contributed by atoms with Gasteiger partial charge in [0.2, 0.25) is 5.91 Å². The second-order valence-corrected chi connectivity index (χ2v) is 10.5. The van der Waals surface area contributed by atoms with Crippen LogP contribution < -0.4 is 4.90 Å². The Morgan fingerprint density at radius 1 is 1.10 bits per heavy atom. The van der Waals surface area contributed by atoms with Crippen LogP contribution in [0.15, 0.2) is 48.0 Å². The molecule has 2 fully saturated rings. The summed E-state index contributed by atoms with van der Waals surface area (Å²) >= 11 is 2.51. The molecule has 1 saturated carbocycles. The highest BCUT2D eigenvalue weighted by atomic mass is 127. The van der Waals surface area contributed by atoms with Crippen molar-refractivity contribution >= 4 is 34.3 Å². The van der Waals surface area contributed by atoms with E-state index >= 15 is 0 Å². The molecular formula is C24H33IN4O2. The Hall–Kier alpha value is -1.61. The second-order valence-electron chi connectivity index (χ2n) is 8.71. The van der Waals surface area contributed by atoms with Gasteiger partial charge in [-0.2, -0.15) is 0 Å². The van der Waals surface area contributed by atoms with E-state index in [2.05, 4.69) is 43.5 Å². The number of hydrogen-bond donors (Lipinski definition) is 1. The Morgan fingerprint density at radius 3 is 2.52 bits per heavy atom. The highest BCUT2D eigenvalue weighted by Gasteiger charge is 2.30. The zero-order chi connectivity index (χ0) is 21.6. The normalized spacial score (nSPS) is 25.0. The van der Waals surface area contributed by atoms with E-state index in [9.17, 15) is 9.90 Å². The molecule has 1 saturated heterocycles. The van der Waals surface area contributed by atoms with Crippen molar-refractivity contribution in [3.8, 4) is 0 Å². The monoisotopic (exact) mass is 536 g/mol. The van der Waals surface area contributed by atoms with Gasteiger partial charge in [-0.25, -0.2) is 4.98 Å². The molecule has 0 spiro atoms. The highest BCUT2D eigenvalue weighted by Crippen LogP contribution is 2.31. The van der Waals surface area contributed by atoms with E-state index in [0.29, 0.717) is 16.2 Å². The number of pyridine rings is 1. The van der Waals surface area contributed by atoms with Crippen LogP contribution in [0.3, 0.4) is 0 Å². The van der Waals surface area contributed by atoms with E-state index in [4.69, 9.17) is 0 Å². The van der Waals surface area contributed by atoms with Crippen molar-refractivity contribution in [2.75, 3.05) is 44.2 Å². The molecule has 3 aliphatic rings. The molecule has 168 valence electrons. The Bertz CT molecular complexity index is 797. The number of nitrogens with zero attached hydrogens (tertiary/aromatic N) is 4. The molecule has 1 aromatic rings. The topological polar surface area (TPSA) is 59.9 Å². The number of aromatic nitrogens is 1. The van der Waals surface area contributed by atoms with Crippen LogP contribution in [0.5, 0.6) is 0 Å². The molecule has 1 N–H and O–H groups in total. The summed E-state index contributed by atoms with van der Waals surface area (Å²) in [6.07, 6.45) is 12.0. The Balaban J connectivity index is 1.34. The van der Waals surface area contributed by atoms with E-state index in [1.54, 1.807) is 6.20 Å². The molecular weight excluding hydrogens is 503 g/mol. The van der Waals surface area contributed by atoms with E-state index in [1.165, 1.54) is 0 Å². The number of carbonyl (C=O) groups is 1. The predicted octanol–water partition coefficient (Wildman–Crippen LogP) is 4.15. The number of hydrogen-bond acceptors (Lipinski definition) is 5. The van der Waals surface area contributed by atoms with Gasteiger partial charge in [0.05, 0.1) is 5.70 Å². The number of rotatable bonds is 6. The molecule has 0 atom stereocenters. The average molecular weight is 536 g/mol. The van der Waals surface area contributed by atoms with Gasteiger partial charge in [-0.05, 0) is 56.7 Å². The first kappa shape index (κ1) is 22.6. The van der Waals surface area contributed by atoms with Crippen LogP contribution in [0.25, 0.3) is 0 Å². The van der Waals surface area contributed by atoms with E-state index in [1.807, 2.05) is 29.2 Å². The Morgan fingerprint density at radius 2 is 1.84 bits per heavy atom. The highest BCUT2D eigenvalue weighted by molar-refractivity contribution is 14.1. The van der Waals surface area contributed by atoms with Crippen molar-refractivity contribution in [2.24, 2.45) is 5.92 Å². The lowest BCUT2D eigenvalue weighted by Crippen LogP contribution is -2.49. The quantitative estimate of drug-likeness (QED) is 0.438. The lowest BCUT2D eigenvalue weighted by molar-refractivity contribution is -0.123. The first-order chi connectivity index (χ1) is 15.1. The molecule has 7 heteroatoms. The van der Waals surface area contributed by atoms with Gasteiger partial charge in [-0.15, -0.1) is 0 Å². The number of alkyl halides is 1. The number of carbonyl (C=O) groups excluding carboxylic acids is 1. The minimum atomic E-state index is 0.123. The first-order valence-corrected chi connectivity index (χ1v) is 12.8. The summed E-state index contributed by atoms with van der Waals surface area (Å²) in [6.45, 7) is 5.21. The van der Waals surface area contributed by atoms with Crippen LogP contribution in [0.4, 0.5) is 5.82 Å². The minimum Gasteiger partial charge on any atom is -0.506 e. The van der Waals surface area contributed by atoms with Crippen molar-refractivity contribution in [1.82, 2.24) is 14.8 Å². The molecule has 1 amide bonds. The zero-order valence-corrected chi connectivity index (χ0v) is 20.3. The molecule has 4 rings (SSSR count). The van der Waals surface area contributed by atoms with E-state index in [-0.39, 0.29) is 11.8 Å². The SMILES string of the molecule is O=C(C1CCC(I)CC1)N(CCN1CCN(C2=CCCC=C2O)CC1)c1ccccn1. The van der Waals surface area contributed by atoms with Crippen molar-refractivity contribution < 1.29 is 9.90 Å².